The highest BCUT2D eigenvalue weighted by Crippen LogP contribution is 2.42. The maximum atomic E-state index is 14.5. The summed E-state index contributed by atoms with van der Waals surface area (Å²) in [6, 6.07) is 51.5. The van der Waals surface area contributed by atoms with Crippen LogP contribution in [0.5, 0.6) is 0 Å². The first-order chi connectivity index (χ1) is 26.7. The first-order valence-electron chi connectivity index (χ1n) is 18.0. The molecule has 9 rings (SSSR count). The van der Waals surface area contributed by atoms with Crippen LogP contribution in [0.4, 0.5) is 13.2 Å². The minimum atomic E-state index is -4.55. The van der Waals surface area contributed by atoms with Crippen molar-refractivity contribution >= 4 is 21.8 Å². The maximum Gasteiger partial charge on any atom is 0.417 e. The Morgan fingerprint density at radius 2 is 1.00 bits per heavy atom. The molecule has 0 aliphatic carbocycles. The Morgan fingerprint density at radius 3 is 1.69 bits per heavy atom. The quantitative estimate of drug-likeness (QED) is 0.172. The third kappa shape index (κ3) is 6.23. The summed E-state index contributed by atoms with van der Waals surface area (Å²) in [5, 5.41) is 2.03. The number of halogens is 3. The molecule has 0 aliphatic rings. The molecule has 0 bridgehead atoms. The number of alkyl halides is 3. The van der Waals surface area contributed by atoms with Gasteiger partial charge in [-0.15, -0.1) is 0 Å². The molecule has 0 saturated heterocycles. The van der Waals surface area contributed by atoms with E-state index in [1.807, 2.05) is 91.0 Å². The average molecular weight is 723 g/mol. The van der Waals surface area contributed by atoms with E-state index in [4.69, 9.17) is 15.0 Å². The van der Waals surface area contributed by atoms with Crippen molar-refractivity contribution in [1.29, 1.82) is 0 Å². The largest absolute Gasteiger partial charge is 0.417 e. The van der Waals surface area contributed by atoms with Crippen LogP contribution in [0.3, 0.4) is 0 Å². The highest BCUT2D eigenvalue weighted by atomic mass is 19.4. The zero-order valence-corrected chi connectivity index (χ0v) is 30.0. The van der Waals surface area contributed by atoms with Gasteiger partial charge in [-0.3, -0.25) is 0 Å². The zero-order valence-electron chi connectivity index (χ0n) is 30.0. The van der Waals surface area contributed by atoms with Crippen LogP contribution < -0.4 is 0 Å². The van der Waals surface area contributed by atoms with Gasteiger partial charge in [-0.2, -0.15) is 13.2 Å². The lowest BCUT2D eigenvalue weighted by Crippen LogP contribution is -2.07. The van der Waals surface area contributed by atoms with Crippen LogP contribution >= 0.6 is 0 Å². The monoisotopic (exact) mass is 722 g/mol. The first-order valence-corrected chi connectivity index (χ1v) is 18.0. The number of hydrogen-bond donors (Lipinski definition) is 0. The maximum absolute atomic E-state index is 14.5. The number of aryl methyl sites for hydroxylation is 2. The van der Waals surface area contributed by atoms with Crippen molar-refractivity contribution in [1.82, 2.24) is 19.5 Å². The van der Waals surface area contributed by atoms with Gasteiger partial charge in [0, 0.05) is 27.5 Å². The second kappa shape index (κ2) is 13.5. The van der Waals surface area contributed by atoms with Crippen molar-refractivity contribution < 1.29 is 13.2 Å². The van der Waals surface area contributed by atoms with Crippen LogP contribution in [-0.2, 0) is 6.18 Å². The van der Waals surface area contributed by atoms with E-state index in [2.05, 4.69) is 60.9 Å². The average Bonchev–Trinajstić information content (AvgIpc) is 3.54. The Labute approximate surface area is 316 Å². The number of benzene rings is 7. The Kier molecular flexibility index (Phi) is 8.35. The van der Waals surface area contributed by atoms with Crippen molar-refractivity contribution in [2.45, 2.75) is 20.0 Å². The predicted octanol–water partition coefficient (Wildman–Crippen LogP) is 12.9. The minimum Gasteiger partial charge on any atom is -0.308 e. The summed E-state index contributed by atoms with van der Waals surface area (Å²) >= 11 is 0. The van der Waals surface area contributed by atoms with Gasteiger partial charge in [-0.05, 0) is 78.1 Å². The Bertz CT molecular complexity index is 2820. The van der Waals surface area contributed by atoms with E-state index in [-0.39, 0.29) is 5.56 Å². The summed E-state index contributed by atoms with van der Waals surface area (Å²) < 4.78 is 45.6. The smallest absolute Gasteiger partial charge is 0.308 e. The SMILES string of the molecule is Cc1ccc(-c2ccc3c(c2)c2ccccc2n3-c2cc(-c3ccccc3C(F)(F)F)ccc2-c2nc(-c3ccccc3)nc(-c3ccccc3)n2)c(C)c1. The van der Waals surface area contributed by atoms with Gasteiger partial charge in [0.15, 0.2) is 17.5 Å². The number of nitrogens with zero attached hydrogens (tertiary/aromatic N) is 4. The third-order valence-corrected chi connectivity index (χ3v) is 10.1. The van der Waals surface area contributed by atoms with Crippen LogP contribution in [0.2, 0.25) is 0 Å². The summed E-state index contributed by atoms with van der Waals surface area (Å²) in [5.74, 6) is 1.38. The van der Waals surface area contributed by atoms with Crippen molar-refractivity contribution in [3.05, 3.63) is 180 Å². The van der Waals surface area contributed by atoms with Crippen LogP contribution in [0.15, 0.2) is 164 Å². The fraction of sp³-hybridized carbons (Fsp3) is 0.0625. The molecule has 0 atom stereocenters. The van der Waals surface area contributed by atoms with Gasteiger partial charge in [0.25, 0.3) is 0 Å². The second-order valence-corrected chi connectivity index (χ2v) is 13.7. The number of rotatable bonds is 6. The summed E-state index contributed by atoms with van der Waals surface area (Å²) in [6.07, 6.45) is -4.55. The molecule has 2 heterocycles. The molecule has 0 aliphatic heterocycles. The van der Waals surface area contributed by atoms with Gasteiger partial charge in [-0.1, -0.05) is 133 Å². The van der Waals surface area contributed by atoms with E-state index in [0.29, 0.717) is 34.3 Å². The molecular weight excluding hydrogens is 690 g/mol. The van der Waals surface area contributed by atoms with E-state index >= 15 is 0 Å². The summed E-state index contributed by atoms with van der Waals surface area (Å²) in [5.41, 5.74) is 9.13. The Hall–Kier alpha value is -6.86. The molecule has 266 valence electrons. The van der Waals surface area contributed by atoms with Gasteiger partial charge in [0.1, 0.15) is 0 Å². The molecule has 0 fully saturated rings. The molecule has 4 nitrogen and oxygen atoms in total. The lowest BCUT2D eigenvalue weighted by molar-refractivity contribution is -0.137. The van der Waals surface area contributed by atoms with E-state index < -0.39 is 11.7 Å². The fourth-order valence-corrected chi connectivity index (χ4v) is 7.52. The zero-order chi connectivity index (χ0) is 37.7. The molecule has 0 radical (unpaired) electrons. The number of hydrogen-bond acceptors (Lipinski definition) is 3. The van der Waals surface area contributed by atoms with Crippen molar-refractivity contribution in [3.8, 4) is 62.1 Å². The Morgan fingerprint density at radius 1 is 0.436 bits per heavy atom. The minimum absolute atomic E-state index is 0.0892. The first kappa shape index (κ1) is 33.9. The van der Waals surface area contributed by atoms with Gasteiger partial charge in [0.05, 0.1) is 22.3 Å². The third-order valence-electron chi connectivity index (χ3n) is 10.1. The standard InChI is InChI=1S/C48H33F3N4/c1-30-21-24-36(31(2)27-30)34-23-26-43-40(28-34)38-18-10-12-20-42(38)55(43)44-29-35(37-17-9-11-19-41(37)48(49,50)51)22-25-39(44)47-53-45(32-13-5-3-6-14-32)52-46(54-47)33-15-7-4-8-16-33/h3-29H,1-2H3. The summed E-state index contributed by atoms with van der Waals surface area (Å²) in [6.45, 7) is 4.21. The highest BCUT2D eigenvalue weighted by molar-refractivity contribution is 6.11. The molecule has 0 saturated carbocycles. The topological polar surface area (TPSA) is 43.6 Å². The van der Waals surface area contributed by atoms with Gasteiger partial charge >= 0.3 is 6.18 Å². The van der Waals surface area contributed by atoms with Gasteiger partial charge < -0.3 is 4.57 Å². The van der Waals surface area contributed by atoms with Crippen LogP contribution in [0.1, 0.15) is 16.7 Å². The van der Waals surface area contributed by atoms with Crippen LogP contribution in [-0.4, -0.2) is 19.5 Å². The van der Waals surface area contributed by atoms with Crippen LogP contribution in [0, 0.1) is 13.8 Å². The number of para-hydroxylation sites is 1. The van der Waals surface area contributed by atoms with Crippen molar-refractivity contribution in [3.63, 3.8) is 0 Å². The van der Waals surface area contributed by atoms with Gasteiger partial charge in [0.2, 0.25) is 0 Å². The fourth-order valence-electron chi connectivity index (χ4n) is 7.52. The number of aromatic nitrogens is 4. The predicted molar refractivity (Wildman–Crippen MR) is 216 cm³/mol. The summed E-state index contributed by atoms with van der Waals surface area (Å²) in [4.78, 5) is 15.0. The van der Waals surface area contributed by atoms with Crippen molar-refractivity contribution in [2.24, 2.45) is 0 Å². The lowest BCUT2D eigenvalue weighted by Gasteiger charge is -2.18. The van der Waals surface area contributed by atoms with Crippen LogP contribution in [0.25, 0.3) is 83.9 Å². The normalized spacial score (nSPS) is 11.7. The second-order valence-electron chi connectivity index (χ2n) is 13.7. The molecule has 0 amide bonds. The van der Waals surface area contributed by atoms with E-state index in [1.54, 1.807) is 12.1 Å². The molecule has 0 spiro atoms. The van der Waals surface area contributed by atoms with E-state index in [0.717, 1.165) is 50.1 Å². The molecule has 9 aromatic rings. The molecule has 0 N–H and O–H groups in total. The van der Waals surface area contributed by atoms with E-state index in [9.17, 15) is 13.2 Å². The van der Waals surface area contributed by atoms with E-state index in [1.165, 1.54) is 23.3 Å². The number of fused-ring (bicyclic) bond motifs is 3. The molecule has 55 heavy (non-hydrogen) atoms. The Balaban J connectivity index is 1.35. The summed E-state index contributed by atoms with van der Waals surface area (Å²) in [7, 11) is 0. The molecule has 0 unspecified atom stereocenters. The van der Waals surface area contributed by atoms with Gasteiger partial charge in [-0.25, -0.2) is 15.0 Å². The molecule has 7 heteroatoms. The molecule has 7 aromatic carbocycles. The molecule has 2 aromatic heterocycles. The molecular formula is C48H33F3N4. The lowest BCUT2D eigenvalue weighted by atomic mass is 9.96. The highest BCUT2D eigenvalue weighted by Gasteiger charge is 2.33. The van der Waals surface area contributed by atoms with Crippen molar-refractivity contribution in [2.75, 3.05) is 0 Å².